The number of anilines is 1. The molecule has 0 spiro atoms. The molecule has 1 aliphatic heterocycles. The molecule has 2 N–H and O–H groups in total. The number of thiocarbonyl (C=S) groups is 1. The normalized spacial score (nSPS) is 25.5. The maximum absolute atomic E-state index is 5.59. The monoisotopic (exact) mass is 365 g/mol. The average Bonchev–Trinajstić information content (AvgIpc) is 2.64. The van der Waals surface area contributed by atoms with Crippen LogP contribution in [0, 0.1) is 11.8 Å². The van der Waals surface area contributed by atoms with Gasteiger partial charge in [-0.2, -0.15) is 0 Å². The third-order valence-corrected chi connectivity index (χ3v) is 5.95. The predicted molar refractivity (Wildman–Crippen MR) is 112 cm³/mol. The van der Waals surface area contributed by atoms with Crippen LogP contribution in [0.1, 0.15) is 24.8 Å². The minimum absolute atomic E-state index is 0.500. The number of likely N-dealkylation sites (tertiary alicyclic amines) is 1. The topological polar surface area (TPSA) is 27.3 Å². The number of piperidine rings is 1. The van der Waals surface area contributed by atoms with Crippen molar-refractivity contribution in [2.45, 2.75) is 31.8 Å². The van der Waals surface area contributed by atoms with Crippen molar-refractivity contribution < 1.29 is 0 Å². The van der Waals surface area contributed by atoms with Gasteiger partial charge in [-0.3, -0.25) is 4.90 Å². The zero-order valence-corrected chi connectivity index (χ0v) is 15.9. The van der Waals surface area contributed by atoms with Gasteiger partial charge in [0.1, 0.15) is 0 Å². The van der Waals surface area contributed by atoms with Crippen molar-refractivity contribution in [3.8, 4) is 0 Å². The van der Waals surface area contributed by atoms with Gasteiger partial charge in [0, 0.05) is 31.4 Å². The lowest BCUT2D eigenvalue weighted by molar-refractivity contribution is 0.0508. The molecule has 3 nitrogen and oxygen atoms in total. The van der Waals surface area contributed by atoms with E-state index in [2.05, 4.69) is 58.0 Å². The van der Waals surface area contributed by atoms with E-state index in [0.717, 1.165) is 30.4 Å². The van der Waals surface area contributed by atoms with Crippen molar-refractivity contribution in [3.05, 3.63) is 66.2 Å². The third kappa shape index (κ3) is 4.25. The van der Waals surface area contributed by atoms with Gasteiger partial charge in [0.15, 0.2) is 5.11 Å². The Morgan fingerprint density at radius 1 is 0.923 bits per heavy atom. The predicted octanol–water partition coefficient (Wildman–Crippen LogP) is 4.27. The van der Waals surface area contributed by atoms with Crippen LogP contribution in [0.25, 0.3) is 0 Å². The number of hydrogen-bond acceptors (Lipinski definition) is 2. The van der Waals surface area contributed by atoms with Crippen molar-refractivity contribution >= 4 is 23.0 Å². The molecule has 2 aromatic rings. The van der Waals surface area contributed by atoms with Crippen LogP contribution in [0.4, 0.5) is 5.69 Å². The first kappa shape index (κ1) is 17.5. The van der Waals surface area contributed by atoms with E-state index >= 15 is 0 Å². The highest BCUT2D eigenvalue weighted by atomic mass is 32.1. The molecule has 2 unspecified atom stereocenters. The molecule has 1 heterocycles. The number of nitrogens with one attached hydrogen (secondary N) is 2. The SMILES string of the molecule is S=C(Nc1ccccc1)NC1C2CCCC1CN(Cc1ccccc1)C2. The highest BCUT2D eigenvalue weighted by Crippen LogP contribution is 2.35. The maximum Gasteiger partial charge on any atom is 0.171 e. The second-order valence-electron chi connectivity index (χ2n) is 7.62. The molecular formula is C22H27N3S. The van der Waals surface area contributed by atoms with E-state index in [1.807, 2.05) is 18.2 Å². The van der Waals surface area contributed by atoms with Gasteiger partial charge in [-0.25, -0.2) is 0 Å². The molecule has 0 aromatic heterocycles. The van der Waals surface area contributed by atoms with Crippen molar-refractivity contribution in [1.29, 1.82) is 0 Å². The first-order valence-electron chi connectivity index (χ1n) is 9.67. The summed E-state index contributed by atoms with van der Waals surface area (Å²) < 4.78 is 0. The first-order chi connectivity index (χ1) is 12.8. The molecule has 4 heteroatoms. The Kier molecular flexibility index (Phi) is 5.51. The lowest BCUT2D eigenvalue weighted by Crippen LogP contribution is -2.58. The van der Waals surface area contributed by atoms with Crippen LogP contribution in [-0.2, 0) is 6.54 Å². The fourth-order valence-electron chi connectivity index (χ4n) is 4.58. The van der Waals surface area contributed by atoms with Crippen LogP contribution < -0.4 is 10.6 Å². The lowest BCUT2D eigenvalue weighted by atomic mass is 9.73. The van der Waals surface area contributed by atoms with E-state index < -0.39 is 0 Å². The van der Waals surface area contributed by atoms with E-state index in [1.165, 1.54) is 24.8 Å². The molecule has 2 bridgehead atoms. The number of nitrogens with zero attached hydrogens (tertiary/aromatic N) is 1. The minimum Gasteiger partial charge on any atom is -0.359 e. The van der Waals surface area contributed by atoms with E-state index in [9.17, 15) is 0 Å². The Morgan fingerprint density at radius 3 is 2.19 bits per heavy atom. The van der Waals surface area contributed by atoms with Crippen LogP contribution in [0.2, 0.25) is 0 Å². The third-order valence-electron chi connectivity index (χ3n) is 5.73. The Hall–Kier alpha value is -1.91. The summed E-state index contributed by atoms with van der Waals surface area (Å²) in [7, 11) is 0. The maximum atomic E-state index is 5.59. The van der Waals surface area contributed by atoms with Gasteiger partial charge in [-0.15, -0.1) is 0 Å². The Bertz CT molecular complexity index is 705. The number of fused-ring (bicyclic) bond motifs is 2. The van der Waals surface area contributed by atoms with Crippen LogP contribution in [-0.4, -0.2) is 29.1 Å². The van der Waals surface area contributed by atoms with E-state index in [4.69, 9.17) is 12.2 Å². The summed E-state index contributed by atoms with van der Waals surface area (Å²) in [6.45, 7) is 3.39. The van der Waals surface area contributed by atoms with Gasteiger partial charge < -0.3 is 10.6 Å². The molecule has 2 aromatic carbocycles. The molecule has 2 atom stereocenters. The number of benzene rings is 2. The number of para-hydroxylation sites is 1. The smallest absolute Gasteiger partial charge is 0.171 e. The molecule has 26 heavy (non-hydrogen) atoms. The molecule has 136 valence electrons. The highest BCUT2D eigenvalue weighted by molar-refractivity contribution is 7.80. The van der Waals surface area contributed by atoms with Gasteiger partial charge in [-0.05, 0) is 54.6 Å². The number of hydrogen-bond donors (Lipinski definition) is 2. The van der Waals surface area contributed by atoms with E-state index in [1.54, 1.807) is 0 Å². The van der Waals surface area contributed by atoms with Gasteiger partial charge in [0.25, 0.3) is 0 Å². The summed E-state index contributed by atoms with van der Waals surface area (Å²) in [6.07, 6.45) is 3.95. The fraction of sp³-hybridized carbons (Fsp3) is 0.409. The van der Waals surface area contributed by atoms with Gasteiger partial charge >= 0.3 is 0 Å². The average molecular weight is 366 g/mol. The summed E-state index contributed by atoms with van der Waals surface area (Å²) in [5.74, 6) is 1.36. The molecule has 4 rings (SSSR count). The fourth-order valence-corrected chi connectivity index (χ4v) is 4.83. The Labute approximate surface area is 161 Å². The molecule has 2 fully saturated rings. The van der Waals surface area contributed by atoms with E-state index in [0.29, 0.717) is 17.9 Å². The van der Waals surface area contributed by atoms with Gasteiger partial charge in [-0.1, -0.05) is 55.0 Å². The molecule has 1 saturated carbocycles. The summed E-state index contributed by atoms with van der Waals surface area (Å²) in [5, 5.41) is 7.74. The van der Waals surface area contributed by atoms with Crippen molar-refractivity contribution in [2.75, 3.05) is 18.4 Å². The van der Waals surface area contributed by atoms with Crippen LogP contribution in [0.15, 0.2) is 60.7 Å². The Balaban J connectivity index is 1.37. The molecular weight excluding hydrogens is 338 g/mol. The molecule has 0 amide bonds. The van der Waals surface area contributed by atoms with Crippen LogP contribution in [0.5, 0.6) is 0 Å². The zero-order chi connectivity index (χ0) is 17.8. The molecule has 0 radical (unpaired) electrons. The van der Waals surface area contributed by atoms with E-state index in [-0.39, 0.29) is 0 Å². The zero-order valence-electron chi connectivity index (χ0n) is 15.1. The summed E-state index contributed by atoms with van der Waals surface area (Å²) in [6, 6.07) is 21.5. The molecule has 2 aliphatic rings. The second kappa shape index (κ2) is 8.19. The summed E-state index contributed by atoms with van der Waals surface area (Å²) in [4.78, 5) is 2.63. The van der Waals surface area contributed by atoms with Crippen LogP contribution >= 0.6 is 12.2 Å². The van der Waals surface area contributed by atoms with Crippen molar-refractivity contribution in [3.63, 3.8) is 0 Å². The second-order valence-corrected chi connectivity index (χ2v) is 8.03. The molecule has 1 aliphatic carbocycles. The number of rotatable bonds is 4. The standard InChI is InChI=1S/C22H27N3S/c26-22(23-20-12-5-2-6-13-20)24-21-18-10-7-11-19(21)16-25(15-18)14-17-8-3-1-4-9-17/h1-6,8-9,12-13,18-19,21H,7,10-11,14-16H2,(H2,23,24,26). The van der Waals surface area contributed by atoms with Crippen molar-refractivity contribution in [2.24, 2.45) is 11.8 Å². The van der Waals surface area contributed by atoms with Crippen molar-refractivity contribution in [1.82, 2.24) is 10.2 Å². The Morgan fingerprint density at radius 2 is 1.54 bits per heavy atom. The summed E-state index contributed by atoms with van der Waals surface area (Å²) >= 11 is 5.59. The summed E-state index contributed by atoms with van der Waals surface area (Å²) in [5.41, 5.74) is 2.47. The highest BCUT2D eigenvalue weighted by Gasteiger charge is 2.39. The molecule has 1 saturated heterocycles. The largest absolute Gasteiger partial charge is 0.359 e. The quantitative estimate of drug-likeness (QED) is 0.791. The lowest BCUT2D eigenvalue weighted by Gasteiger charge is -2.48. The minimum atomic E-state index is 0.500. The van der Waals surface area contributed by atoms with Crippen LogP contribution in [0.3, 0.4) is 0 Å². The van der Waals surface area contributed by atoms with Gasteiger partial charge in [0.05, 0.1) is 0 Å². The first-order valence-corrected chi connectivity index (χ1v) is 10.1. The van der Waals surface area contributed by atoms with Gasteiger partial charge in [0.2, 0.25) is 0 Å².